The molecule has 0 aliphatic heterocycles. The molecular weight excluding hydrogens is 374 g/mol. The minimum absolute atomic E-state index is 0.0392. The standard InChI is InChI=1S/C20H15F4N3O/c1-12(11-27-7-6-13-8-15(21)3-5-18(13)27)19(28)26-16-4-2-14(10-25)17(9-16)20(22,23)24/h2-9,12H,11H2,1H3,(H,26,28)/t12-/m0/s1. The maximum Gasteiger partial charge on any atom is 0.417 e. The van der Waals surface area contributed by atoms with Crippen molar-refractivity contribution in [3.05, 3.63) is 65.6 Å². The Labute approximate surface area is 158 Å². The second-order valence-electron chi connectivity index (χ2n) is 6.43. The molecule has 2 aromatic carbocycles. The van der Waals surface area contributed by atoms with Crippen LogP contribution in [0.4, 0.5) is 23.2 Å². The summed E-state index contributed by atoms with van der Waals surface area (Å²) in [5.74, 6) is -1.40. The first-order valence-corrected chi connectivity index (χ1v) is 8.35. The molecule has 3 rings (SSSR count). The smallest absolute Gasteiger partial charge is 0.347 e. The highest BCUT2D eigenvalue weighted by Gasteiger charge is 2.34. The molecule has 0 spiro atoms. The third kappa shape index (κ3) is 3.98. The summed E-state index contributed by atoms with van der Waals surface area (Å²) < 4.78 is 54.2. The van der Waals surface area contributed by atoms with Gasteiger partial charge in [-0.1, -0.05) is 6.92 Å². The lowest BCUT2D eigenvalue weighted by Crippen LogP contribution is -2.24. The Kier molecular flexibility index (Phi) is 5.10. The normalized spacial score (nSPS) is 12.6. The summed E-state index contributed by atoms with van der Waals surface area (Å²) in [4.78, 5) is 12.4. The van der Waals surface area contributed by atoms with Crippen molar-refractivity contribution in [2.24, 2.45) is 5.92 Å². The maximum atomic E-state index is 13.3. The van der Waals surface area contributed by atoms with E-state index in [9.17, 15) is 22.4 Å². The van der Waals surface area contributed by atoms with Gasteiger partial charge in [0.1, 0.15) is 5.82 Å². The highest BCUT2D eigenvalue weighted by Crippen LogP contribution is 2.33. The molecule has 28 heavy (non-hydrogen) atoms. The number of carbonyl (C=O) groups excluding carboxylic acids is 1. The molecular formula is C20H15F4N3O. The second-order valence-corrected chi connectivity index (χ2v) is 6.43. The monoisotopic (exact) mass is 389 g/mol. The molecule has 0 aliphatic rings. The molecule has 3 aromatic rings. The molecule has 144 valence electrons. The maximum absolute atomic E-state index is 13.3. The molecule has 0 saturated carbocycles. The molecule has 0 unspecified atom stereocenters. The first-order valence-electron chi connectivity index (χ1n) is 8.35. The Morgan fingerprint density at radius 3 is 2.64 bits per heavy atom. The van der Waals surface area contributed by atoms with Crippen molar-refractivity contribution in [3.8, 4) is 6.07 Å². The Morgan fingerprint density at radius 1 is 1.21 bits per heavy atom. The van der Waals surface area contributed by atoms with Gasteiger partial charge in [0.25, 0.3) is 0 Å². The first kappa shape index (κ1) is 19.4. The lowest BCUT2D eigenvalue weighted by atomic mass is 10.1. The topological polar surface area (TPSA) is 57.8 Å². The lowest BCUT2D eigenvalue weighted by Gasteiger charge is -2.15. The summed E-state index contributed by atoms with van der Waals surface area (Å²) in [6, 6.07) is 10.5. The van der Waals surface area contributed by atoms with E-state index in [1.165, 1.54) is 24.3 Å². The number of rotatable bonds is 4. The fraction of sp³-hybridized carbons (Fsp3) is 0.200. The molecule has 1 N–H and O–H groups in total. The van der Waals surface area contributed by atoms with Crippen LogP contribution in [-0.2, 0) is 17.5 Å². The zero-order valence-corrected chi connectivity index (χ0v) is 14.7. The van der Waals surface area contributed by atoms with Crippen LogP contribution in [0, 0.1) is 23.1 Å². The van der Waals surface area contributed by atoms with Crippen LogP contribution in [0.2, 0.25) is 0 Å². The highest BCUT2D eigenvalue weighted by molar-refractivity contribution is 5.92. The van der Waals surface area contributed by atoms with Gasteiger partial charge in [0, 0.05) is 29.3 Å². The van der Waals surface area contributed by atoms with E-state index < -0.39 is 29.1 Å². The third-order valence-electron chi connectivity index (χ3n) is 4.36. The summed E-state index contributed by atoms with van der Waals surface area (Å²) in [5.41, 5.74) is -0.898. The fourth-order valence-corrected chi connectivity index (χ4v) is 2.93. The number of nitriles is 1. The Bertz CT molecular complexity index is 1080. The summed E-state index contributed by atoms with van der Waals surface area (Å²) in [6.45, 7) is 1.91. The largest absolute Gasteiger partial charge is 0.417 e. The van der Waals surface area contributed by atoms with Crippen LogP contribution in [0.5, 0.6) is 0 Å². The molecule has 1 atom stereocenters. The summed E-state index contributed by atoms with van der Waals surface area (Å²) in [7, 11) is 0. The number of hydrogen-bond acceptors (Lipinski definition) is 2. The van der Waals surface area contributed by atoms with E-state index in [1.807, 2.05) is 0 Å². The molecule has 0 bridgehead atoms. The van der Waals surface area contributed by atoms with Crippen LogP contribution in [0.1, 0.15) is 18.1 Å². The highest BCUT2D eigenvalue weighted by atomic mass is 19.4. The number of benzene rings is 2. The first-order chi connectivity index (χ1) is 13.2. The number of nitrogens with zero attached hydrogens (tertiary/aromatic N) is 2. The van der Waals surface area contributed by atoms with Crippen molar-refractivity contribution in [2.45, 2.75) is 19.6 Å². The van der Waals surface area contributed by atoms with E-state index in [0.717, 1.165) is 17.6 Å². The number of alkyl halides is 3. The summed E-state index contributed by atoms with van der Waals surface area (Å²) in [5, 5.41) is 12.0. The van der Waals surface area contributed by atoms with Crippen molar-refractivity contribution in [1.82, 2.24) is 4.57 Å². The van der Waals surface area contributed by atoms with Crippen molar-refractivity contribution >= 4 is 22.5 Å². The molecule has 1 amide bonds. The van der Waals surface area contributed by atoms with E-state index >= 15 is 0 Å². The number of anilines is 1. The number of hydrogen-bond donors (Lipinski definition) is 1. The van der Waals surface area contributed by atoms with Gasteiger partial charge in [-0.05, 0) is 42.5 Å². The molecule has 1 aromatic heterocycles. The third-order valence-corrected chi connectivity index (χ3v) is 4.36. The number of carbonyl (C=O) groups is 1. The van der Waals surface area contributed by atoms with E-state index in [2.05, 4.69) is 5.32 Å². The quantitative estimate of drug-likeness (QED) is 0.642. The van der Waals surface area contributed by atoms with Gasteiger partial charge in [-0.15, -0.1) is 0 Å². The predicted molar refractivity (Wildman–Crippen MR) is 95.8 cm³/mol. The van der Waals surface area contributed by atoms with E-state index in [-0.39, 0.29) is 18.0 Å². The molecule has 0 aliphatic carbocycles. The van der Waals surface area contributed by atoms with Crippen LogP contribution in [0.15, 0.2) is 48.7 Å². The van der Waals surface area contributed by atoms with E-state index in [0.29, 0.717) is 5.39 Å². The van der Waals surface area contributed by atoms with E-state index in [1.54, 1.807) is 29.8 Å². The molecule has 4 nitrogen and oxygen atoms in total. The number of halogens is 4. The van der Waals surface area contributed by atoms with Crippen molar-refractivity contribution in [1.29, 1.82) is 5.26 Å². The van der Waals surface area contributed by atoms with Crippen molar-refractivity contribution < 1.29 is 22.4 Å². The Morgan fingerprint density at radius 2 is 1.96 bits per heavy atom. The average Bonchev–Trinajstić information content (AvgIpc) is 3.02. The van der Waals surface area contributed by atoms with Gasteiger partial charge >= 0.3 is 6.18 Å². The number of fused-ring (bicyclic) bond motifs is 1. The average molecular weight is 389 g/mol. The van der Waals surface area contributed by atoms with Gasteiger partial charge in [-0.2, -0.15) is 18.4 Å². The zero-order chi connectivity index (χ0) is 20.5. The Balaban J connectivity index is 1.76. The molecule has 8 heteroatoms. The lowest BCUT2D eigenvalue weighted by molar-refractivity contribution is -0.137. The molecule has 0 radical (unpaired) electrons. The minimum atomic E-state index is -4.70. The van der Waals surface area contributed by atoms with Gasteiger partial charge in [0.05, 0.1) is 23.1 Å². The van der Waals surface area contributed by atoms with Crippen LogP contribution in [0.25, 0.3) is 10.9 Å². The van der Waals surface area contributed by atoms with Crippen LogP contribution < -0.4 is 5.32 Å². The summed E-state index contributed by atoms with van der Waals surface area (Å²) in [6.07, 6.45) is -2.98. The van der Waals surface area contributed by atoms with Crippen LogP contribution in [-0.4, -0.2) is 10.5 Å². The number of amides is 1. The molecule has 0 fully saturated rings. The zero-order valence-electron chi connectivity index (χ0n) is 14.7. The second kappa shape index (κ2) is 7.35. The number of nitrogens with one attached hydrogen (secondary N) is 1. The van der Waals surface area contributed by atoms with Crippen molar-refractivity contribution in [3.63, 3.8) is 0 Å². The molecule has 1 heterocycles. The minimum Gasteiger partial charge on any atom is -0.347 e. The summed E-state index contributed by atoms with van der Waals surface area (Å²) >= 11 is 0. The van der Waals surface area contributed by atoms with Gasteiger partial charge in [0.15, 0.2) is 0 Å². The molecule has 0 saturated heterocycles. The Hall–Kier alpha value is -3.34. The van der Waals surface area contributed by atoms with Gasteiger partial charge < -0.3 is 9.88 Å². The van der Waals surface area contributed by atoms with Crippen LogP contribution in [0.3, 0.4) is 0 Å². The predicted octanol–water partition coefficient (Wildman–Crippen LogP) is 4.95. The number of aromatic nitrogens is 1. The van der Waals surface area contributed by atoms with Gasteiger partial charge in [-0.3, -0.25) is 4.79 Å². The fourth-order valence-electron chi connectivity index (χ4n) is 2.93. The van der Waals surface area contributed by atoms with Gasteiger partial charge in [-0.25, -0.2) is 4.39 Å². The van der Waals surface area contributed by atoms with Crippen LogP contribution >= 0.6 is 0 Å². The van der Waals surface area contributed by atoms with Crippen molar-refractivity contribution in [2.75, 3.05) is 5.32 Å². The van der Waals surface area contributed by atoms with E-state index in [4.69, 9.17) is 5.26 Å². The van der Waals surface area contributed by atoms with Gasteiger partial charge in [0.2, 0.25) is 5.91 Å². The SMILES string of the molecule is C[C@@H](Cn1ccc2cc(F)ccc21)C(=O)Nc1ccc(C#N)c(C(F)(F)F)c1.